The molecule has 2 amide bonds. The lowest BCUT2D eigenvalue weighted by Crippen LogP contribution is -2.35. The average Bonchev–Trinajstić information content (AvgIpc) is 3.50. The Morgan fingerprint density at radius 2 is 1.82 bits per heavy atom. The molecule has 2 heterocycles. The number of aliphatic hydroxyl groups excluding tert-OH is 1. The van der Waals surface area contributed by atoms with Crippen LogP contribution >= 0.6 is 0 Å². The Bertz CT molecular complexity index is 1670. The van der Waals surface area contributed by atoms with Gasteiger partial charge in [0.15, 0.2) is 5.65 Å². The Labute approximate surface area is 222 Å². The molecule has 0 saturated carbocycles. The molecule has 2 aromatic carbocycles. The number of nitrogens with one attached hydrogen (secondary N) is 2. The highest BCUT2D eigenvalue weighted by Gasteiger charge is 2.35. The Morgan fingerprint density at radius 3 is 2.55 bits per heavy atom. The van der Waals surface area contributed by atoms with Crippen molar-refractivity contribution in [3.05, 3.63) is 99.8 Å². The number of aromatic nitrogens is 3. The van der Waals surface area contributed by atoms with E-state index in [-0.39, 0.29) is 41.1 Å². The van der Waals surface area contributed by atoms with Gasteiger partial charge in [-0.05, 0) is 41.0 Å². The quantitative estimate of drug-likeness (QED) is 0.267. The van der Waals surface area contributed by atoms with Crippen molar-refractivity contribution in [1.82, 2.24) is 25.2 Å². The molecule has 4 aromatic rings. The molecule has 2 aromatic heterocycles. The zero-order valence-corrected chi connectivity index (χ0v) is 20.2. The van der Waals surface area contributed by atoms with E-state index in [1.807, 2.05) is 0 Å². The second-order valence-electron chi connectivity index (χ2n) is 9.06. The summed E-state index contributed by atoms with van der Waals surface area (Å²) in [5, 5.41) is 28.9. The van der Waals surface area contributed by atoms with Crippen LogP contribution in [0, 0.1) is 5.82 Å². The Morgan fingerprint density at radius 1 is 1.05 bits per heavy atom. The standard InChI is InChI=1S/C26H19F4N5O5/c27-17-4-1-12(7-16(17)26(28,29)30)11-31-23(37)18-10-19(35-21(33-18)5-6-32-35)24(38)34-22-15-3-2-13(25(39)40)8-14(15)9-20(22)36/h1-8,10,20,22,36H,9,11H2,(H,31,37)(H,34,38)(H,39,40)/t20-,22-/m1/s1. The smallest absolute Gasteiger partial charge is 0.419 e. The predicted octanol–water partition coefficient (Wildman–Crippen LogP) is 2.90. The first-order valence-corrected chi connectivity index (χ1v) is 11.8. The fourth-order valence-electron chi connectivity index (χ4n) is 4.52. The molecule has 2 atom stereocenters. The van der Waals surface area contributed by atoms with Crippen LogP contribution in [0.3, 0.4) is 0 Å². The first kappa shape index (κ1) is 26.7. The zero-order valence-electron chi connectivity index (χ0n) is 20.2. The zero-order chi connectivity index (χ0) is 28.8. The Kier molecular flexibility index (Phi) is 6.71. The number of nitrogens with zero attached hydrogens (tertiary/aromatic N) is 3. The summed E-state index contributed by atoms with van der Waals surface area (Å²) in [5.41, 5.74) is -0.580. The molecule has 206 valence electrons. The summed E-state index contributed by atoms with van der Waals surface area (Å²) in [6, 6.07) is 8.32. The molecular weight excluding hydrogens is 538 g/mol. The second kappa shape index (κ2) is 10.0. The minimum absolute atomic E-state index is 0.00888. The van der Waals surface area contributed by atoms with E-state index in [1.165, 1.54) is 30.5 Å². The van der Waals surface area contributed by atoms with Crippen LogP contribution in [0.1, 0.15) is 59.6 Å². The van der Waals surface area contributed by atoms with Gasteiger partial charge in [-0.25, -0.2) is 18.7 Å². The highest BCUT2D eigenvalue weighted by molar-refractivity contribution is 5.98. The molecule has 4 N–H and O–H groups in total. The van der Waals surface area contributed by atoms with Crippen molar-refractivity contribution in [2.24, 2.45) is 0 Å². The number of aliphatic hydroxyl groups is 1. The fraction of sp³-hybridized carbons (Fsp3) is 0.192. The van der Waals surface area contributed by atoms with Gasteiger partial charge in [-0.2, -0.15) is 18.3 Å². The van der Waals surface area contributed by atoms with Crippen molar-refractivity contribution >= 4 is 23.4 Å². The molecule has 10 nitrogen and oxygen atoms in total. The number of benzene rings is 2. The van der Waals surface area contributed by atoms with E-state index in [1.54, 1.807) is 0 Å². The van der Waals surface area contributed by atoms with Gasteiger partial charge in [0.1, 0.15) is 17.2 Å². The molecule has 0 bridgehead atoms. The van der Waals surface area contributed by atoms with Crippen LogP contribution in [0.2, 0.25) is 0 Å². The summed E-state index contributed by atoms with van der Waals surface area (Å²) >= 11 is 0. The third kappa shape index (κ3) is 5.08. The van der Waals surface area contributed by atoms with Crippen molar-refractivity contribution < 1.29 is 42.2 Å². The lowest BCUT2D eigenvalue weighted by atomic mass is 10.0. The first-order valence-electron chi connectivity index (χ1n) is 11.8. The summed E-state index contributed by atoms with van der Waals surface area (Å²) in [4.78, 5) is 41.5. The number of carbonyl (C=O) groups excluding carboxylic acids is 2. The molecule has 1 aliphatic carbocycles. The Balaban J connectivity index is 1.37. The van der Waals surface area contributed by atoms with Gasteiger partial charge in [-0.15, -0.1) is 0 Å². The largest absolute Gasteiger partial charge is 0.478 e. The maximum Gasteiger partial charge on any atom is 0.419 e. The van der Waals surface area contributed by atoms with Crippen LogP contribution in [0.5, 0.6) is 0 Å². The third-order valence-electron chi connectivity index (χ3n) is 6.44. The van der Waals surface area contributed by atoms with Gasteiger partial charge in [0, 0.05) is 25.1 Å². The van der Waals surface area contributed by atoms with E-state index < -0.39 is 47.5 Å². The molecule has 0 radical (unpaired) electrons. The number of alkyl halides is 3. The molecule has 0 fully saturated rings. The Hall–Kier alpha value is -4.85. The SMILES string of the molecule is O=C(O)c1ccc2c(c1)C[C@@H](O)[C@@H]2NC(=O)c1cc(C(=O)NCc2ccc(F)c(C(F)(F)F)c2)nc2ccnn12. The number of fused-ring (bicyclic) bond motifs is 2. The average molecular weight is 557 g/mol. The fourth-order valence-corrected chi connectivity index (χ4v) is 4.52. The van der Waals surface area contributed by atoms with Crippen molar-refractivity contribution in [3.8, 4) is 0 Å². The van der Waals surface area contributed by atoms with Crippen LogP contribution < -0.4 is 10.6 Å². The van der Waals surface area contributed by atoms with Gasteiger partial charge in [0.05, 0.1) is 29.5 Å². The number of carboxylic acids is 1. The third-order valence-corrected chi connectivity index (χ3v) is 6.44. The minimum Gasteiger partial charge on any atom is -0.478 e. The number of amides is 2. The normalized spacial score (nSPS) is 16.5. The monoisotopic (exact) mass is 557 g/mol. The van der Waals surface area contributed by atoms with Crippen molar-refractivity contribution in [1.29, 1.82) is 0 Å². The number of carboxylic acid groups (broad SMARTS) is 1. The summed E-state index contributed by atoms with van der Waals surface area (Å²) in [7, 11) is 0. The lowest BCUT2D eigenvalue weighted by Gasteiger charge is -2.18. The summed E-state index contributed by atoms with van der Waals surface area (Å²) in [5.74, 6) is -4.11. The van der Waals surface area contributed by atoms with Crippen molar-refractivity contribution in [3.63, 3.8) is 0 Å². The van der Waals surface area contributed by atoms with Crippen LogP contribution in [0.4, 0.5) is 17.6 Å². The van der Waals surface area contributed by atoms with Gasteiger partial charge in [0.25, 0.3) is 11.8 Å². The van der Waals surface area contributed by atoms with Gasteiger partial charge >= 0.3 is 12.1 Å². The molecule has 0 aliphatic heterocycles. The number of hydrogen-bond acceptors (Lipinski definition) is 6. The molecule has 1 aliphatic rings. The predicted molar refractivity (Wildman–Crippen MR) is 129 cm³/mol. The number of hydrogen-bond donors (Lipinski definition) is 4. The lowest BCUT2D eigenvalue weighted by molar-refractivity contribution is -0.140. The summed E-state index contributed by atoms with van der Waals surface area (Å²) in [6.45, 7) is -0.376. The van der Waals surface area contributed by atoms with Crippen LogP contribution in [-0.2, 0) is 19.1 Å². The number of halogens is 4. The maximum absolute atomic E-state index is 13.6. The second-order valence-corrected chi connectivity index (χ2v) is 9.06. The van der Waals surface area contributed by atoms with Gasteiger partial charge < -0.3 is 20.8 Å². The van der Waals surface area contributed by atoms with Crippen LogP contribution in [0.25, 0.3) is 5.65 Å². The molecule has 5 rings (SSSR count). The van der Waals surface area contributed by atoms with Crippen molar-refractivity contribution in [2.75, 3.05) is 0 Å². The highest BCUT2D eigenvalue weighted by Crippen LogP contribution is 2.33. The molecule has 0 unspecified atom stereocenters. The number of rotatable bonds is 6. The number of aromatic carboxylic acids is 1. The van der Waals surface area contributed by atoms with E-state index >= 15 is 0 Å². The van der Waals surface area contributed by atoms with E-state index in [9.17, 15) is 42.2 Å². The van der Waals surface area contributed by atoms with Crippen molar-refractivity contribution in [2.45, 2.75) is 31.3 Å². The minimum atomic E-state index is -4.91. The summed E-state index contributed by atoms with van der Waals surface area (Å²) < 4.78 is 53.8. The molecule has 40 heavy (non-hydrogen) atoms. The molecular formula is C26H19F4N5O5. The maximum atomic E-state index is 13.6. The highest BCUT2D eigenvalue weighted by atomic mass is 19.4. The summed E-state index contributed by atoms with van der Waals surface area (Å²) in [6.07, 6.45) is -4.50. The van der Waals surface area contributed by atoms with E-state index in [2.05, 4.69) is 20.7 Å². The molecule has 0 spiro atoms. The van der Waals surface area contributed by atoms with Gasteiger partial charge in [-0.3, -0.25) is 9.59 Å². The van der Waals surface area contributed by atoms with Gasteiger partial charge in [0.2, 0.25) is 0 Å². The van der Waals surface area contributed by atoms with E-state index in [0.717, 1.165) is 16.6 Å². The van der Waals surface area contributed by atoms with Gasteiger partial charge in [-0.1, -0.05) is 12.1 Å². The van der Waals surface area contributed by atoms with E-state index in [4.69, 9.17) is 0 Å². The van der Waals surface area contributed by atoms with E-state index in [0.29, 0.717) is 23.3 Å². The molecule has 14 heteroatoms. The van der Waals surface area contributed by atoms with Crippen LogP contribution in [-0.4, -0.2) is 48.7 Å². The van der Waals surface area contributed by atoms with Crippen LogP contribution in [0.15, 0.2) is 54.7 Å². The number of carbonyl (C=O) groups is 3. The molecule has 0 saturated heterocycles. The topological polar surface area (TPSA) is 146 Å². The first-order chi connectivity index (χ1) is 18.9.